The first-order valence-corrected chi connectivity index (χ1v) is 40.5. The highest BCUT2D eigenvalue weighted by Crippen LogP contribution is 2.30. The zero-order valence-electron chi connectivity index (χ0n) is 72.1. The van der Waals surface area contributed by atoms with Crippen LogP contribution in [-0.2, 0) is 0 Å². The third-order valence-corrected chi connectivity index (χ3v) is 18.5. The Bertz CT molecular complexity index is 5860. The predicted octanol–water partition coefficient (Wildman–Crippen LogP) is 28.1. The molecule has 12 heteroatoms. The lowest BCUT2D eigenvalue weighted by Crippen LogP contribution is -1.84. The van der Waals surface area contributed by atoms with Gasteiger partial charge >= 0.3 is 0 Å². The van der Waals surface area contributed by atoms with E-state index in [1.165, 1.54) is 123 Å². The minimum absolute atomic E-state index is 0.759. The van der Waals surface area contributed by atoms with Crippen molar-refractivity contribution in [3.63, 3.8) is 0 Å². The number of hydrogen-bond acceptors (Lipinski definition) is 12. The molecule has 21 aromatic rings. The number of hydrogen-bond donors (Lipinski definition) is 0. The molecule has 21 rings (SSSR count). The predicted molar refractivity (Wildman–Crippen MR) is 513 cm³/mol. The second-order valence-electron chi connectivity index (χ2n) is 28.8. The van der Waals surface area contributed by atoms with Crippen LogP contribution in [0, 0.1) is 90.0 Å². The summed E-state index contributed by atoms with van der Waals surface area (Å²) in [5, 5.41) is 9.71. The smallest absolute Gasteiger partial charge is 0.138 e. The first-order valence-electron chi connectivity index (χ1n) is 40.5. The molecule has 0 aliphatic heterocycles. The number of fused-ring (bicyclic) bond motifs is 9. The number of benzene rings is 12. The Hall–Kier alpha value is -15.0. The lowest BCUT2D eigenvalue weighted by molar-refractivity contribution is 0.666. The molecule has 0 spiro atoms. The molecule has 9 aromatic heterocycles. The van der Waals surface area contributed by atoms with Crippen molar-refractivity contribution in [2.45, 2.75) is 90.0 Å². The fraction of sp³-hybridized carbons (Fsp3) is 0.118. The van der Waals surface area contributed by atoms with Crippen LogP contribution in [0.5, 0.6) is 0 Å². The van der Waals surface area contributed by atoms with E-state index in [1.54, 1.807) is 6.20 Å². The largest absolute Gasteiger partial charge is 0.456 e. The lowest BCUT2D eigenvalue weighted by Gasteiger charge is -1.97. The van der Waals surface area contributed by atoms with Gasteiger partial charge in [0.05, 0.1) is 33.1 Å². The Kier molecular flexibility index (Phi) is 37.7. The summed E-state index contributed by atoms with van der Waals surface area (Å²) < 4.78 is 5.78. The van der Waals surface area contributed by atoms with E-state index in [-0.39, 0.29) is 0 Å². The van der Waals surface area contributed by atoms with Crippen molar-refractivity contribution in [3.8, 4) is 0 Å². The van der Waals surface area contributed by atoms with Gasteiger partial charge in [0.25, 0.3) is 0 Å². The van der Waals surface area contributed by atoms with Crippen molar-refractivity contribution >= 4 is 87.4 Å². The summed E-state index contributed by atoms with van der Waals surface area (Å²) in [7, 11) is 0. The van der Waals surface area contributed by atoms with Crippen molar-refractivity contribution < 1.29 is 4.42 Å². The molecular weight excluding hydrogens is 1490 g/mol. The molecule has 122 heavy (non-hydrogen) atoms. The maximum absolute atomic E-state index is 5.78. The summed E-state index contributed by atoms with van der Waals surface area (Å²) in [6.07, 6.45) is 17.1. The van der Waals surface area contributed by atoms with E-state index in [9.17, 15) is 0 Å². The Labute approximate surface area is 719 Å². The van der Waals surface area contributed by atoms with Crippen molar-refractivity contribution in [3.05, 3.63) is 487 Å². The summed E-state index contributed by atoms with van der Waals surface area (Å²) in [6.45, 7) is 26.7. The molecule has 12 aromatic carbocycles. The highest BCUT2D eigenvalue weighted by Gasteiger charge is 2.07. The number of furan rings is 1. The molecule has 0 saturated heterocycles. The van der Waals surface area contributed by atoms with Gasteiger partial charge in [-0.1, -0.05) is 294 Å². The summed E-state index contributed by atoms with van der Waals surface area (Å²) in [5.41, 5.74) is 23.6. The van der Waals surface area contributed by atoms with Gasteiger partial charge in [0.2, 0.25) is 0 Å². The van der Waals surface area contributed by atoms with Crippen LogP contribution in [0.2, 0.25) is 0 Å². The first-order chi connectivity index (χ1) is 59.4. The molecular formula is C110H107N11O. The summed E-state index contributed by atoms with van der Waals surface area (Å²) in [5.74, 6) is 0.759. The number of pyridine rings is 6. The zero-order chi connectivity index (χ0) is 86.3. The Morgan fingerprint density at radius 3 is 1.00 bits per heavy atom. The fourth-order valence-electron chi connectivity index (χ4n) is 11.9. The molecule has 9 heterocycles. The van der Waals surface area contributed by atoms with Crippen molar-refractivity contribution in [2.75, 3.05) is 0 Å². The second kappa shape index (κ2) is 50.6. The topological polar surface area (TPSA) is 155 Å². The number of nitrogens with zero attached hydrogens (tertiary/aromatic N) is 11. The van der Waals surface area contributed by atoms with Crippen LogP contribution in [-0.4, -0.2) is 54.8 Å². The molecule has 0 atom stereocenters. The minimum Gasteiger partial charge on any atom is -0.456 e. The Balaban J connectivity index is 0.000000151. The average molecular weight is 1600 g/mol. The van der Waals surface area contributed by atoms with E-state index >= 15 is 0 Å². The van der Waals surface area contributed by atoms with Gasteiger partial charge in [0.15, 0.2) is 0 Å². The molecule has 0 aliphatic rings. The fourth-order valence-corrected chi connectivity index (χ4v) is 11.9. The van der Waals surface area contributed by atoms with E-state index in [0.29, 0.717) is 0 Å². The van der Waals surface area contributed by atoms with Crippen molar-refractivity contribution in [1.82, 2.24) is 54.8 Å². The molecule has 608 valence electrons. The van der Waals surface area contributed by atoms with Crippen LogP contribution < -0.4 is 0 Å². The SMILES string of the molecule is Cc1ccc2cccnc2c1.Cc1ccc2cccnc2c1.Cc1ccc2ncccc2c1.Cc1ccc2ncccc2c1.Cc1cccc2c1oc1ccccc12.Cc1cccc2cccnc12.Cc1cccc2ncccc12.Cc1ccccc1.Cc1ccccc1.Cc1ccccc1.Cc1ccccc1.Cc1ccncn1.Cc1ncncn1. The molecule has 0 bridgehead atoms. The highest BCUT2D eigenvalue weighted by atomic mass is 16.3. The van der Waals surface area contributed by atoms with Gasteiger partial charge in [0.1, 0.15) is 36.0 Å². The van der Waals surface area contributed by atoms with Crippen LogP contribution in [0.1, 0.15) is 72.7 Å². The number of rotatable bonds is 0. The van der Waals surface area contributed by atoms with Crippen LogP contribution in [0.4, 0.5) is 0 Å². The molecule has 0 aliphatic carbocycles. The molecule has 0 unspecified atom stereocenters. The van der Waals surface area contributed by atoms with Gasteiger partial charge in [-0.2, -0.15) is 0 Å². The second-order valence-corrected chi connectivity index (χ2v) is 28.8. The lowest BCUT2D eigenvalue weighted by atomic mass is 10.1. The van der Waals surface area contributed by atoms with E-state index in [4.69, 9.17) is 4.42 Å². The van der Waals surface area contributed by atoms with Gasteiger partial charge in [-0.05, 0) is 209 Å². The molecule has 0 saturated carbocycles. The van der Waals surface area contributed by atoms with Crippen molar-refractivity contribution in [2.24, 2.45) is 0 Å². The number of aromatic nitrogens is 11. The first kappa shape index (κ1) is 90.9. The number of aryl methyl sites for hydroxylation is 13. The third-order valence-electron chi connectivity index (χ3n) is 18.5. The van der Waals surface area contributed by atoms with Crippen LogP contribution >= 0.6 is 0 Å². The van der Waals surface area contributed by atoms with Gasteiger partial charge in [0, 0.05) is 92.2 Å². The van der Waals surface area contributed by atoms with E-state index < -0.39 is 0 Å². The third kappa shape index (κ3) is 32.1. The molecule has 0 N–H and O–H groups in total. The number of para-hydroxylation sites is 3. The van der Waals surface area contributed by atoms with Gasteiger partial charge in [-0.15, -0.1) is 0 Å². The van der Waals surface area contributed by atoms with Crippen LogP contribution in [0.3, 0.4) is 0 Å². The van der Waals surface area contributed by atoms with E-state index in [0.717, 1.165) is 55.8 Å². The zero-order valence-corrected chi connectivity index (χ0v) is 72.1. The maximum atomic E-state index is 5.78. The monoisotopic (exact) mass is 1600 g/mol. The molecule has 12 nitrogen and oxygen atoms in total. The summed E-state index contributed by atoms with van der Waals surface area (Å²) in [4.78, 5) is 44.2. The molecule has 0 fully saturated rings. The van der Waals surface area contributed by atoms with E-state index in [2.05, 4.69) is 325 Å². The Morgan fingerprint density at radius 1 is 0.197 bits per heavy atom. The van der Waals surface area contributed by atoms with Gasteiger partial charge in [-0.3, -0.25) is 29.9 Å². The average Bonchev–Trinajstić information content (AvgIpc) is 1.63. The molecule has 0 radical (unpaired) electrons. The van der Waals surface area contributed by atoms with Crippen LogP contribution in [0.15, 0.2) is 419 Å². The molecule has 0 amide bonds. The van der Waals surface area contributed by atoms with Gasteiger partial charge < -0.3 is 4.42 Å². The maximum Gasteiger partial charge on any atom is 0.138 e. The highest BCUT2D eigenvalue weighted by molar-refractivity contribution is 6.05. The van der Waals surface area contributed by atoms with Crippen molar-refractivity contribution in [1.29, 1.82) is 0 Å². The standard InChI is InChI=1S/C13H10O.6C10H9N.4C7H8.C5H6N2.C4H5N3/c1-9-5-4-7-11-10-6-2-3-8-12(10)14-13(9)11;1-8-4-2-6-10-9(8)5-3-7-11-10;1-8-4-2-5-9-6-3-7-11-10(8)9;2*1-8-4-5-10-9(7-8)3-2-6-11-10;2*1-8-4-5-9-3-2-6-11-10(9)7-8;4*1-7-5-3-2-4-6-7;1-5-2-3-6-4-7-5;1-4-6-2-5-3-7-4/h2-8H,1H3;6*2-7H,1H3;4*2-6H,1H3;2-4H,1H3;2-3H,1H3. The quantitative estimate of drug-likeness (QED) is 0.142. The van der Waals surface area contributed by atoms with E-state index in [1.807, 2.05) is 209 Å². The minimum atomic E-state index is 0.759. The normalized spacial score (nSPS) is 9.84. The summed E-state index contributed by atoms with van der Waals surface area (Å²) >= 11 is 0. The van der Waals surface area contributed by atoms with Crippen LogP contribution in [0.25, 0.3) is 87.4 Å². The van der Waals surface area contributed by atoms with Gasteiger partial charge in [-0.25, -0.2) is 24.9 Å². The Morgan fingerprint density at radius 2 is 0.566 bits per heavy atom. The summed E-state index contributed by atoms with van der Waals surface area (Å²) in [6, 6.07) is 119.